The number of phenols is 1. The summed E-state index contributed by atoms with van der Waals surface area (Å²) in [5, 5.41) is 27.7. The molecule has 0 spiro atoms. The molecule has 0 unspecified atom stereocenters. The number of nitrogens with zero attached hydrogens (tertiary/aromatic N) is 3. The van der Waals surface area contributed by atoms with E-state index in [1.165, 1.54) is 28.7 Å². The fraction of sp³-hybridized carbons (Fsp3) is 0.263. The van der Waals surface area contributed by atoms with Crippen molar-refractivity contribution in [2.75, 3.05) is 0 Å². The minimum Gasteiger partial charge on any atom is -0.508 e. The van der Waals surface area contributed by atoms with Crippen LogP contribution in [0.4, 0.5) is 13.2 Å². The van der Waals surface area contributed by atoms with E-state index in [0.717, 1.165) is 22.6 Å². The molecule has 28 heavy (non-hydrogen) atoms. The summed E-state index contributed by atoms with van der Waals surface area (Å²) in [6.07, 6.45) is -4.37. The highest BCUT2D eigenvalue weighted by atomic mass is 32.2. The number of hydrogen-bond donors (Lipinski definition) is 2. The largest absolute Gasteiger partial charge is 0.508 e. The van der Waals surface area contributed by atoms with E-state index < -0.39 is 11.7 Å². The first kappa shape index (κ1) is 20.2. The van der Waals surface area contributed by atoms with Crippen molar-refractivity contribution in [3.63, 3.8) is 0 Å². The average Bonchev–Trinajstić information content (AvgIpc) is 3.04. The lowest BCUT2D eigenvalue weighted by atomic mass is 10.1. The Bertz CT molecular complexity index is 956. The molecule has 2 aromatic carbocycles. The number of aromatic hydroxyl groups is 1. The highest BCUT2D eigenvalue weighted by Gasteiger charge is 2.29. The van der Waals surface area contributed by atoms with Gasteiger partial charge in [0.15, 0.2) is 0 Å². The van der Waals surface area contributed by atoms with Crippen LogP contribution in [0.1, 0.15) is 28.1 Å². The van der Waals surface area contributed by atoms with Gasteiger partial charge in [0.05, 0.1) is 24.4 Å². The van der Waals surface area contributed by atoms with E-state index in [1.54, 1.807) is 19.1 Å². The normalized spacial score (nSPS) is 11.8. The number of aryl methyl sites for hydroxylation is 1. The fourth-order valence-corrected chi connectivity index (χ4v) is 3.51. The number of aromatic nitrogens is 3. The topological polar surface area (TPSA) is 71.2 Å². The lowest BCUT2D eigenvalue weighted by Gasteiger charge is -2.07. The summed E-state index contributed by atoms with van der Waals surface area (Å²) < 4.78 is 37.9. The van der Waals surface area contributed by atoms with Crippen LogP contribution in [0, 0.1) is 6.92 Å². The zero-order valence-corrected chi connectivity index (χ0v) is 15.8. The molecule has 5 nitrogen and oxygen atoms in total. The van der Waals surface area contributed by atoms with E-state index in [-0.39, 0.29) is 18.9 Å². The zero-order chi connectivity index (χ0) is 20.3. The van der Waals surface area contributed by atoms with Gasteiger partial charge in [-0.25, -0.2) is 0 Å². The van der Waals surface area contributed by atoms with Gasteiger partial charge >= 0.3 is 6.18 Å². The summed E-state index contributed by atoms with van der Waals surface area (Å²) in [6.45, 7) is 1.73. The Kier molecular flexibility index (Phi) is 5.95. The van der Waals surface area contributed by atoms with E-state index in [2.05, 4.69) is 10.2 Å². The molecule has 2 N–H and O–H groups in total. The maximum atomic E-state index is 12.6. The van der Waals surface area contributed by atoms with E-state index >= 15 is 0 Å². The monoisotopic (exact) mass is 409 g/mol. The Labute approximate surface area is 163 Å². The van der Waals surface area contributed by atoms with Crippen molar-refractivity contribution in [3.8, 4) is 5.75 Å². The van der Waals surface area contributed by atoms with Gasteiger partial charge in [0.25, 0.3) is 0 Å². The molecule has 0 aliphatic heterocycles. The quantitative estimate of drug-likeness (QED) is 0.599. The number of alkyl halides is 3. The molecule has 0 bridgehead atoms. The minimum absolute atomic E-state index is 0.203. The van der Waals surface area contributed by atoms with Gasteiger partial charge in [-0.2, -0.15) is 28.2 Å². The molecule has 0 fully saturated rings. The Hall–Kier alpha value is -2.52. The van der Waals surface area contributed by atoms with Crippen LogP contribution >= 0.6 is 11.8 Å². The van der Waals surface area contributed by atoms with Gasteiger partial charge in [0.1, 0.15) is 11.4 Å². The van der Waals surface area contributed by atoms with Crippen molar-refractivity contribution in [2.45, 2.75) is 36.9 Å². The summed E-state index contributed by atoms with van der Waals surface area (Å²) in [4.78, 5) is 2.31. The van der Waals surface area contributed by atoms with Gasteiger partial charge in [-0.1, -0.05) is 12.1 Å². The number of halogens is 3. The average molecular weight is 409 g/mol. The van der Waals surface area contributed by atoms with Crippen LogP contribution in [0.3, 0.4) is 0 Å². The second-order valence-corrected chi connectivity index (χ2v) is 7.26. The van der Waals surface area contributed by atoms with E-state index in [4.69, 9.17) is 0 Å². The Morgan fingerprint density at radius 2 is 1.71 bits per heavy atom. The Balaban J connectivity index is 1.70. The molecule has 0 atom stereocenters. The van der Waals surface area contributed by atoms with Gasteiger partial charge < -0.3 is 10.2 Å². The maximum absolute atomic E-state index is 12.6. The van der Waals surface area contributed by atoms with Gasteiger partial charge in [0, 0.05) is 10.6 Å². The van der Waals surface area contributed by atoms with E-state index in [1.807, 2.05) is 6.07 Å². The first-order chi connectivity index (χ1) is 13.3. The predicted molar refractivity (Wildman–Crippen MR) is 98.9 cm³/mol. The molecule has 0 saturated carbocycles. The molecule has 0 aliphatic carbocycles. The second kappa shape index (κ2) is 8.24. The molecule has 9 heteroatoms. The maximum Gasteiger partial charge on any atom is 0.416 e. The third-order valence-corrected chi connectivity index (χ3v) is 5.11. The number of aliphatic hydroxyl groups is 1. The van der Waals surface area contributed by atoms with Crippen LogP contribution in [0.25, 0.3) is 0 Å². The molecule has 1 heterocycles. The summed E-state index contributed by atoms with van der Waals surface area (Å²) >= 11 is 1.49. The van der Waals surface area contributed by atoms with Gasteiger partial charge in [-0.05, 0) is 48.4 Å². The third-order valence-electron chi connectivity index (χ3n) is 4.10. The highest BCUT2D eigenvalue weighted by molar-refractivity contribution is 7.98. The fourth-order valence-electron chi connectivity index (χ4n) is 2.55. The predicted octanol–water partition coefficient (Wildman–Crippen LogP) is 4.14. The van der Waals surface area contributed by atoms with E-state index in [9.17, 15) is 23.4 Å². The number of thioether (sulfide) groups is 1. The van der Waals surface area contributed by atoms with Crippen molar-refractivity contribution in [1.82, 2.24) is 15.0 Å². The third kappa shape index (κ3) is 4.85. The molecule has 1 aromatic heterocycles. The van der Waals surface area contributed by atoms with Crippen molar-refractivity contribution < 1.29 is 23.4 Å². The summed E-state index contributed by atoms with van der Waals surface area (Å²) in [6, 6.07) is 10.1. The molecular weight excluding hydrogens is 391 g/mol. The first-order valence-electron chi connectivity index (χ1n) is 8.38. The van der Waals surface area contributed by atoms with Crippen molar-refractivity contribution in [1.29, 1.82) is 0 Å². The molecule has 0 saturated heterocycles. The van der Waals surface area contributed by atoms with Gasteiger partial charge in [0.2, 0.25) is 0 Å². The van der Waals surface area contributed by atoms with Gasteiger partial charge in [-0.15, -0.1) is 11.8 Å². The SMILES string of the molecule is Cc1cc(SCc2nn(Cc3ccc(C(F)(F)F)cc3)nc2CO)ccc1O. The number of rotatable bonds is 6. The molecule has 148 valence electrons. The van der Waals surface area contributed by atoms with Gasteiger partial charge in [-0.3, -0.25) is 0 Å². The smallest absolute Gasteiger partial charge is 0.416 e. The summed E-state index contributed by atoms with van der Waals surface area (Å²) in [7, 11) is 0. The Morgan fingerprint density at radius 3 is 2.32 bits per heavy atom. The lowest BCUT2D eigenvalue weighted by Crippen LogP contribution is -2.07. The highest BCUT2D eigenvalue weighted by Crippen LogP contribution is 2.29. The molecule has 0 amide bonds. The molecule has 0 radical (unpaired) electrons. The molecule has 3 rings (SSSR count). The first-order valence-corrected chi connectivity index (χ1v) is 9.37. The number of benzene rings is 2. The van der Waals surface area contributed by atoms with Crippen LogP contribution in [-0.2, 0) is 25.1 Å². The van der Waals surface area contributed by atoms with Crippen LogP contribution < -0.4 is 0 Å². The molecule has 3 aromatic rings. The minimum atomic E-state index is -4.37. The lowest BCUT2D eigenvalue weighted by molar-refractivity contribution is -0.137. The second-order valence-electron chi connectivity index (χ2n) is 6.21. The summed E-state index contributed by atoms with van der Waals surface area (Å²) in [5.74, 6) is 0.690. The van der Waals surface area contributed by atoms with Crippen molar-refractivity contribution >= 4 is 11.8 Å². The van der Waals surface area contributed by atoms with Crippen LogP contribution in [0.5, 0.6) is 5.75 Å². The van der Waals surface area contributed by atoms with Crippen molar-refractivity contribution in [3.05, 3.63) is 70.5 Å². The Morgan fingerprint density at radius 1 is 1.04 bits per heavy atom. The zero-order valence-electron chi connectivity index (χ0n) is 14.9. The van der Waals surface area contributed by atoms with E-state index in [0.29, 0.717) is 22.7 Å². The van der Waals surface area contributed by atoms with Crippen molar-refractivity contribution in [2.24, 2.45) is 0 Å². The molecule has 0 aliphatic rings. The van der Waals surface area contributed by atoms with Crippen LogP contribution in [0.15, 0.2) is 47.4 Å². The molecular formula is C19H18F3N3O2S. The van der Waals surface area contributed by atoms with Crippen LogP contribution in [0.2, 0.25) is 0 Å². The number of phenolic OH excluding ortho intramolecular Hbond substituents is 1. The number of hydrogen-bond acceptors (Lipinski definition) is 5. The summed E-state index contributed by atoms with van der Waals surface area (Å²) in [5.41, 5.74) is 1.71. The standard InChI is InChI=1S/C19H18F3N3O2S/c1-12-8-15(6-7-18(12)27)28-11-17-16(10-26)23-25(24-17)9-13-2-4-14(5-3-13)19(20,21)22/h2-8,26-27H,9-11H2,1H3. The van der Waals surface area contributed by atoms with Crippen LogP contribution in [-0.4, -0.2) is 25.2 Å². The number of aliphatic hydroxyl groups excluding tert-OH is 1.